The van der Waals surface area contributed by atoms with Gasteiger partial charge in [0.1, 0.15) is 5.69 Å². The number of methoxy groups -OCH3 is 1. The Kier molecular flexibility index (Phi) is 3.11. The van der Waals surface area contributed by atoms with Gasteiger partial charge < -0.3 is 15.4 Å². The van der Waals surface area contributed by atoms with Crippen LogP contribution in [-0.4, -0.2) is 30.6 Å². The summed E-state index contributed by atoms with van der Waals surface area (Å²) in [5, 5.41) is 0. The summed E-state index contributed by atoms with van der Waals surface area (Å²) in [6.45, 7) is 0.507. The molecular weight excluding hydrogens is 274 g/mol. The molecule has 0 spiro atoms. The monoisotopic (exact) mass is 285 g/mol. The van der Waals surface area contributed by atoms with Crippen molar-refractivity contribution in [2.75, 3.05) is 18.6 Å². The topological polar surface area (TPSA) is 68.4 Å². The molecule has 0 aromatic carbocycles. The van der Waals surface area contributed by atoms with E-state index in [0.29, 0.717) is 24.5 Å². The normalized spacial score (nSPS) is 20.3. The lowest BCUT2D eigenvalue weighted by atomic mass is 10.3. The summed E-state index contributed by atoms with van der Waals surface area (Å²) in [5.41, 5.74) is 6.41. The van der Waals surface area contributed by atoms with E-state index >= 15 is 0 Å². The van der Waals surface area contributed by atoms with Crippen molar-refractivity contribution < 1.29 is 9.53 Å². The van der Waals surface area contributed by atoms with Crippen LogP contribution in [-0.2, 0) is 4.79 Å². The maximum absolute atomic E-state index is 11.7. The zero-order chi connectivity index (χ0) is 11.7. The van der Waals surface area contributed by atoms with Gasteiger partial charge in [0, 0.05) is 29.7 Å². The first-order valence-electron chi connectivity index (χ1n) is 4.87. The van der Waals surface area contributed by atoms with Gasteiger partial charge in [0.05, 0.1) is 7.11 Å². The predicted molar refractivity (Wildman–Crippen MR) is 63.4 cm³/mol. The van der Waals surface area contributed by atoms with Crippen LogP contribution in [0.1, 0.15) is 6.42 Å². The highest BCUT2D eigenvalue weighted by molar-refractivity contribution is 9.10. The molecule has 1 fully saturated rings. The maximum Gasteiger partial charge on any atom is 0.237 e. The van der Waals surface area contributed by atoms with E-state index in [9.17, 15) is 4.79 Å². The molecule has 0 aliphatic carbocycles. The molecular formula is C10H12BrN3O2. The number of rotatable bonds is 2. The van der Waals surface area contributed by atoms with E-state index < -0.39 is 0 Å². The summed E-state index contributed by atoms with van der Waals surface area (Å²) in [7, 11) is 1.53. The highest BCUT2D eigenvalue weighted by Crippen LogP contribution is 2.31. The molecule has 6 heteroatoms. The Morgan fingerprint density at radius 1 is 1.69 bits per heavy atom. The summed E-state index contributed by atoms with van der Waals surface area (Å²) in [6, 6.07) is 1.69. The van der Waals surface area contributed by atoms with Gasteiger partial charge >= 0.3 is 0 Å². The third-order valence-corrected chi connectivity index (χ3v) is 2.87. The van der Waals surface area contributed by atoms with Crippen molar-refractivity contribution in [2.45, 2.75) is 12.5 Å². The van der Waals surface area contributed by atoms with E-state index in [-0.39, 0.29) is 11.9 Å². The second kappa shape index (κ2) is 4.39. The van der Waals surface area contributed by atoms with Crippen molar-refractivity contribution >= 4 is 27.5 Å². The minimum Gasteiger partial charge on any atom is -0.480 e. The van der Waals surface area contributed by atoms with Crippen molar-refractivity contribution in [3.8, 4) is 5.88 Å². The number of hydrogen-bond donors (Lipinski definition) is 1. The van der Waals surface area contributed by atoms with Crippen LogP contribution in [0.3, 0.4) is 0 Å². The summed E-state index contributed by atoms with van der Waals surface area (Å²) < 4.78 is 5.93. The second-order valence-corrected chi connectivity index (χ2v) is 4.57. The molecule has 1 aromatic heterocycles. The molecule has 2 N–H and O–H groups in total. The molecule has 2 rings (SSSR count). The van der Waals surface area contributed by atoms with Gasteiger partial charge in [-0.3, -0.25) is 4.79 Å². The number of carbonyl (C=O) groups excluding carboxylic acids is 1. The van der Waals surface area contributed by atoms with Gasteiger partial charge in [-0.1, -0.05) is 0 Å². The molecule has 0 radical (unpaired) electrons. The molecule has 1 unspecified atom stereocenters. The number of pyridine rings is 1. The standard InChI is InChI=1S/C10H12BrN3O2/c1-16-10-8(2-6(11)4-13-10)14-5-7(12)3-9(14)15/h2,4,7H,3,5,12H2,1H3. The van der Waals surface area contributed by atoms with Gasteiger partial charge in [0.25, 0.3) is 0 Å². The molecule has 1 atom stereocenters. The number of ether oxygens (including phenoxy) is 1. The zero-order valence-corrected chi connectivity index (χ0v) is 10.4. The summed E-state index contributed by atoms with van der Waals surface area (Å²) in [5.74, 6) is 0.441. The van der Waals surface area contributed by atoms with Crippen molar-refractivity contribution in [2.24, 2.45) is 5.73 Å². The highest BCUT2D eigenvalue weighted by atomic mass is 79.9. The number of hydrogen-bond acceptors (Lipinski definition) is 4. The fourth-order valence-corrected chi connectivity index (χ4v) is 2.05. The number of nitrogens with zero attached hydrogens (tertiary/aromatic N) is 2. The number of anilines is 1. The predicted octanol–water partition coefficient (Wildman–Crippen LogP) is 0.917. The Morgan fingerprint density at radius 3 is 3.00 bits per heavy atom. The first-order valence-corrected chi connectivity index (χ1v) is 5.66. The quantitative estimate of drug-likeness (QED) is 0.877. The van der Waals surface area contributed by atoms with E-state index in [2.05, 4.69) is 20.9 Å². The Bertz CT molecular complexity index is 425. The molecule has 16 heavy (non-hydrogen) atoms. The first-order chi connectivity index (χ1) is 7.61. The zero-order valence-electron chi connectivity index (χ0n) is 8.81. The van der Waals surface area contributed by atoms with Gasteiger partial charge in [0.2, 0.25) is 11.8 Å². The van der Waals surface area contributed by atoms with E-state index in [1.165, 1.54) is 7.11 Å². The van der Waals surface area contributed by atoms with E-state index in [4.69, 9.17) is 10.5 Å². The van der Waals surface area contributed by atoms with Gasteiger partial charge in [-0.2, -0.15) is 0 Å². The number of carbonyl (C=O) groups is 1. The third kappa shape index (κ3) is 2.03. The van der Waals surface area contributed by atoms with Gasteiger partial charge in [0.15, 0.2) is 0 Å². The SMILES string of the molecule is COc1ncc(Br)cc1N1CC(N)CC1=O. The van der Waals surface area contributed by atoms with E-state index in [0.717, 1.165) is 4.47 Å². The van der Waals surface area contributed by atoms with Crippen LogP contribution >= 0.6 is 15.9 Å². The summed E-state index contributed by atoms with van der Waals surface area (Å²) in [6.07, 6.45) is 2.00. The minimum atomic E-state index is -0.115. The fourth-order valence-electron chi connectivity index (χ4n) is 1.73. The Morgan fingerprint density at radius 2 is 2.44 bits per heavy atom. The number of aromatic nitrogens is 1. The number of halogens is 1. The lowest BCUT2D eigenvalue weighted by Gasteiger charge is -2.18. The van der Waals surface area contributed by atoms with Crippen molar-refractivity contribution in [1.29, 1.82) is 0 Å². The Hall–Kier alpha value is -1.14. The van der Waals surface area contributed by atoms with Crippen LogP contribution in [0.5, 0.6) is 5.88 Å². The molecule has 5 nitrogen and oxygen atoms in total. The van der Waals surface area contributed by atoms with Gasteiger partial charge in [-0.15, -0.1) is 0 Å². The van der Waals surface area contributed by atoms with Crippen LogP contribution in [0.2, 0.25) is 0 Å². The van der Waals surface area contributed by atoms with Crippen LogP contribution in [0, 0.1) is 0 Å². The summed E-state index contributed by atoms with van der Waals surface area (Å²) in [4.78, 5) is 17.4. The first kappa shape index (κ1) is 11.3. The highest BCUT2D eigenvalue weighted by Gasteiger charge is 2.30. The molecule has 1 aliphatic heterocycles. The smallest absolute Gasteiger partial charge is 0.237 e. The van der Waals surface area contributed by atoms with Crippen LogP contribution in [0.25, 0.3) is 0 Å². The molecule has 1 aliphatic rings. The summed E-state index contributed by atoms with van der Waals surface area (Å²) >= 11 is 3.32. The Balaban J connectivity index is 2.39. The molecule has 1 saturated heterocycles. The lowest BCUT2D eigenvalue weighted by molar-refractivity contribution is -0.117. The van der Waals surface area contributed by atoms with Crippen LogP contribution < -0.4 is 15.4 Å². The second-order valence-electron chi connectivity index (χ2n) is 3.65. The third-order valence-electron chi connectivity index (χ3n) is 2.44. The van der Waals surface area contributed by atoms with Crippen molar-refractivity contribution in [1.82, 2.24) is 4.98 Å². The van der Waals surface area contributed by atoms with E-state index in [1.54, 1.807) is 11.1 Å². The average molecular weight is 286 g/mol. The lowest BCUT2D eigenvalue weighted by Crippen LogP contribution is -2.28. The molecule has 1 aromatic rings. The molecule has 0 saturated carbocycles. The average Bonchev–Trinajstić information content (AvgIpc) is 2.57. The van der Waals surface area contributed by atoms with Gasteiger partial charge in [-0.05, 0) is 22.0 Å². The van der Waals surface area contributed by atoms with Gasteiger partial charge in [-0.25, -0.2) is 4.98 Å². The largest absolute Gasteiger partial charge is 0.480 e. The van der Waals surface area contributed by atoms with Crippen molar-refractivity contribution in [3.63, 3.8) is 0 Å². The minimum absolute atomic E-state index is 0.00528. The van der Waals surface area contributed by atoms with E-state index in [1.807, 2.05) is 6.07 Å². The van der Waals surface area contributed by atoms with Crippen LogP contribution in [0.4, 0.5) is 5.69 Å². The fraction of sp³-hybridized carbons (Fsp3) is 0.400. The molecule has 1 amide bonds. The Labute approximate surface area is 102 Å². The maximum atomic E-state index is 11.7. The molecule has 86 valence electrons. The number of nitrogens with two attached hydrogens (primary N) is 1. The van der Waals surface area contributed by atoms with Crippen molar-refractivity contribution in [3.05, 3.63) is 16.7 Å². The molecule has 2 heterocycles. The molecule has 0 bridgehead atoms. The number of amides is 1. The van der Waals surface area contributed by atoms with Crippen LogP contribution in [0.15, 0.2) is 16.7 Å².